The Bertz CT molecular complexity index is 1140. The molecule has 2 aliphatic rings. The lowest BCUT2D eigenvalue weighted by atomic mass is 9.80. The van der Waals surface area contributed by atoms with E-state index in [9.17, 15) is 4.39 Å². The van der Waals surface area contributed by atoms with Crippen LogP contribution in [0.5, 0.6) is 0 Å². The van der Waals surface area contributed by atoms with E-state index >= 15 is 0 Å². The average molecular weight is 422 g/mol. The lowest BCUT2D eigenvalue weighted by Gasteiger charge is -2.26. The highest BCUT2D eigenvalue weighted by Crippen LogP contribution is 2.34. The predicted octanol–water partition coefficient (Wildman–Crippen LogP) is 3.96. The molecule has 4 N–H and O–H groups in total. The minimum absolute atomic E-state index is 0.250. The molecule has 160 valence electrons. The topological polar surface area (TPSA) is 115 Å². The lowest BCUT2D eigenvalue weighted by Crippen LogP contribution is -2.15. The van der Waals surface area contributed by atoms with Crippen LogP contribution in [0, 0.1) is 11.7 Å². The number of nitrogens with zero attached hydrogens (tertiary/aromatic N) is 3. The summed E-state index contributed by atoms with van der Waals surface area (Å²) in [5, 5.41) is 14.3. The largest absolute Gasteiger partial charge is 0.483 e. The van der Waals surface area contributed by atoms with Crippen LogP contribution in [0.1, 0.15) is 24.8 Å². The number of carbonyl (C=O) groups is 1. The fourth-order valence-corrected chi connectivity index (χ4v) is 3.72. The normalized spacial score (nSPS) is 15.4. The van der Waals surface area contributed by atoms with E-state index in [1.54, 1.807) is 6.20 Å². The second-order valence-corrected chi connectivity index (χ2v) is 7.40. The minimum Gasteiger partial charge on any atom is -0.483 e. The Balaban J connectivity index is 0.000000730. The highest BCUT2D eigenvalue weighted by atomic mass is 19.1. The van der Waals surface area contributed by atoms with Crippen molar-refractivity contribution in [1.29, 1.82) is 0 Å². The minimum atomic E-state index is -0.267. The summed E-state index contributed by atoms with van der Waals surface area (Å²) in [6.45, 7) is 0.970. The van der Waals surface area contributed by atoms with E-state index in [-0.39, 0.29) is 12.3 Å². The molecule has 5 rings (SSSR count). The maximum Gasteiger partial charge on any atom is 0.290 e. The van der Waals surface area contributed by atoms with E-state index < -0.39 is 0 Å². The van der Waals surface area contributed by atoms with Gasteiger partial charge in [0.15, 0.2) is 0 Å². The molecule has 0 atom stereocenters. The first-order valence-electron chi connectivity index (χ1n) is 10.1. The Labute approximate surface area is 178 Å². The zero-order valence-corrected chi connectivity index (χ0v) is 16.8. The van der Waals surface area contributed by atoms with Gasteiger partial charge in [0.05, 0.1) is 6.54 Å². The number of carboxylic acid groups (broad SMARTS) is 1. The van der Waals surface area contributed by atoms with Gasteiger partial charge in [-0.1, -0.05) is 6.42 Å². The molecule has 9 heteroatoms. The molecule has 2 aromatic heterocycles. The molecular weight excluding hydrogens is 399 g/mol. The summed E-state index contributed by atoms with van der Waals surface area (Å²) in [4.78, 5) is 24.7. The molecule has 0 amide bonds. The van der Waals surface area contributed by atoms with Crippen LogP contribution in [0.15, 0.2) is 53.3 Å². The summed E-state index contributed by atoms with van der Waals surface area (Å²) in [6, 6.07) is 6.78. The van der Waals surface area contributed by atoms with Gasteiger partial charge in [0.2, 0.25) is 5.95 Å². The van der Waals surface area contributed by atoms with E-state index in [2.05, 4.69) is 36.7 Å². The van der Waals surface area contributed by atoms with Crippen LogP contribution in [0.25, 0.3) is 10.9 Å². The number of fused-ring (bicyclic) bond motifs is 1. The number of hydrogen-bond acceptors (Lipinski definition) is 6. The van der Waals surface area contributed by atoms with Gasteiger partial charge >= 0.3 is 0 Å². The number of hydrogen-bond donors (Lipinski definition) is 4. The van der Waals surface area contributed by atoms with Crippen LogP contribution in [0.3, 0.4) is 0 Å². The number of benzene rings is 1. The first-order valence-corrected chi connectivity index (χ1v) is 10.1. The monoisotopic (exact) mass is 422 g/mol. The third-order valence-electron chi connectivity index (χ3n) is 5.45. The van der Waals surface area contributed by atoms with E-state index in [0.29, 0.717) is 24.2 Å². The third-order valence-corrected chi connectivity index (χ3v) is 5.45. The second kappa shape index (κ2) is 9.38. The van der Waals surface area contributed by atoms with Crippen LogP contribution in [0.2, 0.25) is 0 Å². The zero-order valence-electron chi connectivity index (χ0n) is 16.8. The number of halogens is 1. The van der Waals surface area contributed by atoms with Gasteiger partial charge in [-0.15, -0.1) is 0 Å². The standard InChI is InChI=1S/C21H21FN6.CH2O2/c22-16-8-15(17-4-6-23-18(17)10-16)12-26-21-24-7-5-19(28-21)27-20-9-14(11-25-20)13-2-1-3-13;2-1-3/h4-10,13,23H,1-3,11-12H2,(H2,24,25,26,27,28);1H,(H,2,3). The summed E-state index contributed by atoms with van der Waals surface area (Å²) >= 11 is 0. The molecule has 8 nitrogen and oxygen atoms in total. The molecule has 1 saturated carbocycles. The van der Waals surface area contributed by atoms with Crippen molar-refractivity contribution >= 4 is 35.0 Å². The van der Waals surface area contributed by atoms with Crippen molar-refractivity contribution in [3.05, 3.63) is 59.7 Å². The summed E-state index contributed by atoms with van der Waals surface area (Å²) in [7, 11) is 0. The van der Waals surface area contributed by atoms with E-state index in [0.717, 1.165) is 28.8 Å². The van der Waals surface area contributed by atoms with Gasteiger partial charge in [-0.05, 0) is 60.2 Å². The number of nitrogens with one attached hydrogen (secondary N) is 3. The average Bonchev–Trinajstić information content (AvgIpc) is 3.35. The molecule has 1 aliphatic carbocycles. The molecular formula is C22H23FN6O2. The van der Waals surface area contributed by atoms with Crippen molar-refractivity contribution < 1.29 is 14.3 Å². The number of rotatable bonds is 5. The first-order chi connectivity index (χ1) is 15.2. The number of aliphatic imine (C=N–C) groups is 1. The molecule has 0 radical (unpaired) electrons. The number of aromatic amines is 1. The van der Waals surface area contributed by atoms with Gasteiger partial charge in [0.1, 0.15) is 17.5 Å². The van der Waals surface area contributed by atoms with Crippen molar-refractivity contribution in [3.63, 3.8) is 0 Å². The van der Waals surface area contributed by atoms with Gasteiger partial charge in [0, 0.05) is 29.8 Å². The Hall–Kier alpha value is -3.75. The van der Waals surface area contributed by atoms with Crippen molar-refractivity contribution in [1.82, 2.24) is 15.0 Å². The van der Waals surface area contributed by atoms with E-state index in [1.807, 2.05) is 18.3 Å². The van der Waals surface area contributed by atoms with Crippen LogP contribution < -0.4 is 10.6 Å². The molecule has 1 aromatic carbocycles. The summed E-state index contributed by atoms with van der Waals surface area (Å²) in [5.41, 5.74) is 3.05. The van der Waals surface area contributed by atoms with Crippen LogP contribution in [0.4, 0.5) is 16.2 Å². The van der Waals surface area contributed by atoms with Crippen LogP contribution in [-0.4, -0.2) is 38.9 Å². The Kier molecular flexibility index (Phi) is 6.21. The molecule has 0 saturated heterocycles. The highest BCUT2D eigenvalue weighted by Gasteiger charge is 2.24. The second-order valence-electron chi connectivity index (χ2n) is 7.40. The van der Waals surface area contributed by atoms with Gasteiger partial charge in [-0.2, -0.15) is 4.98 Å². The van der Waals surface area contributed by atoms with E-state index in [1.165, 1.54) is 37.0 Å². The van der Waals surface area contributed by atoms with Gasteiger partial charge < -0.3 is 20.7 Å². The molecule has 0 unspecified atom stereocenters. The summed E-state index contributed by atoms with van der Waals surface area (Å²) < 4.78 is 13.8. The van der Waals surface area contributed by atoms with E-state index in [4.69, 9.17) is 9.90 Å². The smallest absolute Gasteiger partial charge is 0.290 e. The summed E-state index contributed by atoms with van der Waals surface area (Å²) in [6.07, 6.45) is 9.54. The van der Waals surface area contributed by atoms with Crippen molar-refractivity contribution in [2.75, 3.05) is 17.2 Å². The molecule has 1 fully saturated rings. The maximum absolute atomic E-state index is 13.8. The highest BCUT2D eigenvalue weighted by molar-refractivity contribution is 6.05. The number of aromatic nitrogens is 3. The fraction of sp³-hybridized carbons (Fsp3) is 0.273. The zero-order chi connectivity index (χ0) is 21.6. The quantitative estimate of drug-likeness (QED) is 0.463. The third kappa shape index (κ3) is 4.88. The van der Waals surface area contributed by atoms with Gasteiger partial charge in [-0.25, -0.2) is 9.37 Å². The Morgan fingerprint density at radius 1 is 1.29 bits per heavy atom. The van der Waals surface area contributed by atoms with Crippen molar-refractivity contribution in [2.45, 2.75) is 25.8 Å². The molecule has 0 spiro atoms. The number of anilines is 2. The fourth-order valence-electron chi connectivity index (χ4n) is 3.72. The molecule has 3 aromatic rings. The van der Waals surface area contributed by atoms with Gasteiger partial charge in [0.25, 0.3) is 6.47 Å². The lowest BCUT2D eigenvalue weighted by molar-refractivity contribution is -0.122. The van der Waals surface area contributed by atoms with Gasteiger partial charge in [-0.3, -0.25) is 9.79 Å². The van der Waals surface area contributed by atoms with Crippen molar-refractivity contribution in [3.8, 4) is 0 Å². The number of amidine groups is 1. The molecule has 3 heterocycles. The summed E-state index contributed by atoms with van der Waals surface area (Å²) in [5.74, 6) is 2.47. The molecule has 1 aliphatic heterocycles. The molecule has 31 heavy (non-hydrogen) atoms. The Morgan fingerprint density at radius 2 is 2.13 bits per heavy atom. The SMILES string of the molecule is Fc1cc(CNc2nccc(NC3=NCC(C4CCC4)=C3)n2)c2cc[nH]c2c1.O=CO. The van der Waals surface area contributed by atoms with Crippen LogP contribution >= 0.6 is 0 Å². The first kappa shape index (κ1) is 20.5. The number of H-pyrrole nitrogens is 1. The molecule has 0 bridgehead atoms. The van der Waals surface area contributed by atoms with Crippen LogP contribution in [-0.2, 0) is 11.3 Å². The predicted molar refractivity (Wildman–Crippen MR) is 118 cm³/mol. The van der Waals surface area contributed by atoms with Crippen molar-refractivity contribution in [2.24, 2.45) is 10.9 Å². The maximum atomic E-state index is 13.8. The Morgan fingerprint density at radius 3 is 2.90 bits per heavy atom.